The highest BCUT2D eigenvalue weighted by Gasteiger charge is 2.19. The first kappa shape index (κ1) is 14.7. The molecule has 0 aliphatic carbocycles. The second-order valence-electron chi connectivity index (χ2n) is 5.80. The summed E-state index contributed by atoms with van der Waals surface area (Å²) in [6.45, 7) is 6.33. The van der Waals surface area contributed by atoms with Crippen molar-refractivity contribution >= 4 is 5.95 Å². The Balaban J connectivity index is 1.75. The highest BCUT2D eigenvalue weighted by molar-refractivity contribution is 5.33. The van der Waals surface area contributed by atoms with E-state index in [2.05, 4.69) is 22.9 Å². The van der Waals surface area contributed by atoms with E-state index in [-0.39, 0.29) is 0 Å². The fourth-order valence-corrected chi connectivity index (χ4v) is 2.93. The van der Waals surface area contributed by atoms with Crippen LogP contribution in [0.2, 0.25) is 0 Å². The summed E-state index contributed by atoms with van der Waals surface area (Å²) in [6, 6.07) is 2.14. The lowest BCUT2D eigenvalue weighted by molar-refractivity contribution is 0.0162. The molecule has 0 bridgehead atoms. The van der Waals surface area contributed by atoms with Crippen LogP contribution in [0.15, 0.2) is 6.07 Å². The second-order valence-corrected chi connectivity index (χ2v) is 5.80. The van der Waals surface area contributed by atoms with Crippen molar-refractivity contribution in [2.45, 2.75) is 45.1 Å². The fraction of sp³-hybridized carbons (Fsp3) is 0.750. The van der Waals surface area contributed by atoms with Crippen LogP contribution in [0, 0.1) is 0 Å². The predicted octanol–water partition coefficient (Wildman–Crippen LogP) is 1.99. The maximum Gasteiger partial charge on any atom is 0.225 e. The standard InChI is InChI=1S/C16H25N3O2/c1-2-13-11-14(12-15-5-3-4-8-21-15)18-16(17-13)19-6-9-20-10-7-19/h11,15H,2-10,12H2,1H3/t15-/m1/s1. The summed E-state index contributed by atoms with van der Waals surface area (Å²) in [7, 11) is 0. The third-order valence-electron chi connectivity index (χ3n) is 4.19. The SMILES string of the molecule is CCc1cc(C[C@H]2CCCCO2)nc(N2CCOCC2)n1. The maximum atomic E-state index is 5.85. The largest absolute Gasteiger partial charge is 0.378 e. The second kappa shape index (κ2) is 7.18. The molecule has 0 aromatic carbocycles. The Kier molecular flexibility index (Phi) is 5.04. The molecule has 1 atom stereocenters. The van der Waals surface area contributed by atoms with Crippen LogP contribution >= 0.6 is 0 Å². The molecule has 21 heavy (non-hydrogen) atoms. The van der Waals surface area contributed by atoms with Gasteiger partial charge in [0, 0.05) is 37.5 Å². The Labute approximate surface area is 126 Å². The molecule has 116 valence electrons. The van der Waals surface area contributed by atoms with E-state index in [1.54, 1.807) is 0 Å². The van der Waals surface area contributed by atoms with Gasteiger partial charge in [-0.15, -0.1) is 0 Å². The summed E-state index contributed by atoms with van der Waals surface area (Å²) in [4.78, 5) is 11.7. The molecule has 0 unspecified atom stereocenters. The van der Waals surface area contributed by atoms with Gasteiger partial charge in [0.1, 0.15) is 0 Å². The first-order valence-corrected chi connectivity index (χ1v) is 8.16. The molecule has 2 aliphatic rings. The van der Waals surface area contributed by atoms with Gasteiger partial charge in [0.2, 0.25) is 5.95 Å². The Hall–Kier alpha value is -1.20. The summed E-state index contributed by atoms with van der Waals surface area (Å²) in [5.41, 5.74) is 2.24. The minimum Gasteiger partial charge on any atom is -0.378 e. The van der Waals surface area contributed by atoms with Crippen LogP contribution in [0.5, 0.6) is 0 Å². The zero-order valence-electron chi connectivity index (χ0n) is 12.9. The molecular weight excluding hydrogens is 266 g/mol. The zero-order chi connectivity index (χ0) is 14.5. The lowest BCUT2D eigenvalue weighted by Crippen LogP contribution is -2.37. The van der Waals surface area contributed by atoms with Gasteiger partial charge in [-0.05, 0) is 31.7 Å². The molecule has 5 nitrogen and oxygen atoms in total. The van der Waals surface area contributed by atoms with E-state index >= 15 is 0 Å². The minimum atomic E-state index is 0.330. The normalized spacial score (nSPS) is 23.3. The summed E-state index contributed by atoms with van der Waals surface area (Å²) >= 11 is 0. The average Bonchev–Trinajstić information content (AvgIpc) is 2.56. The van der Waals surface area contributed by atoms with Crippen molar-refractivity contribution in [3.05, 3.63) is 17.5 Å². The Morgan fingerprint density at radius 2 is 1.95 bits per heavy atom. The number of hydrogen-bond donors (Lipinski definition) is 0. The van der Waals surface area contributed by atoms with Crippen molar-refractivity contribution in [2.75, 3.05) is 37.8 Å². The Bertz CT molecular complexity index is 455. The fourth-order valence-electron chi connectivity index (χ4n) is 2.93. The van der Waals surface area contributed by atoms with Crippen LogP contribution in [0.25, 0.3) is 0 Å². The van der Waals surface area contributed by atoms with E-state index in [0.29, 0.717) is 6.10 Å². The van der Waals surface area contributed by atoms with E-state index in [0.717, 1.165) is 69.5 Å². The number of nitrogens with zero attached hydrogens (tertiary/aromatic N) is 3. The first-order valence-electron chi connectivity index (χ1n) is 8.16. The van der Waals surface area contributed by atoms with Crippen molar-refractivity contribution in [3.8, 4) is 0 Å². The molecular formula is C16H25N3O2. The number of aromatic nitrogens is 2. The number of morpholine rings is 1. The summed E-state index contributed by atoms with van der Waals surface area (Å²) in [6.07, 6.45) is 5.80. The molecule has 5 heteroatoms. The lowest BCUT2D eigenvalue weighted by atomic mass is 10.0. The lowest BCUT2D eigenvalue weighted by Gasteiger charge is -2.28. The van der Waals surface area contributed by atoms with Gasteiger partial charge in [-0.3, -0.25) is 0 Å². The topological polar surface area (TPSA) is 47.5 Å². The van der Waals surface area contributed by atoms with Gasteiger partial charge in [0.25, 0.3) is 0 Å². The molecule has 2 saturated heterocycles. The predicted molar refractivity (Wildman–Crippen MR) is 81.7 cm³/mol. The zero-order valence-corrected chi connectivity index (χ0v) is 12.9. The number of rotatable bonds is 4. The Morgan fingerprint density at radius 1 is 1.14 bits per heavy atom. The van der Waals surface area contributed by atoms with Crippen molar-refractivity contribution in [2.24, 2.45) is 0 Å². The molecule has 1 aromatic rings. The third-order valence-corrected chi connectivity index (χ3v) is 4.19. The Morgan fingerprint density at radius 3 is 2.67 bits per heavy atom. The number of ether oxygens (including phenoxy) is 2. The first-order chi connectivity index (χ1) is 10.3. The molecule has 2 fully saturated rings. The highest BCUT2D eigenvalue weighted by Crippen LogP contribution is 2.19. The molecule has 1 aromatic heterocycles. The van der Waals surface area contributed by atoms with E-state index in [9.17, 15) is 0 Å². The molecule has 3 rings (SSSR count). The van der Waals surface area contributed by atoms with Crippen LogP contribution < -0.4 is 4.90 Å². The molecule has 2 aliphatic heterocycles. The third kappa shape index (κ3) is 3.92. The van der Waals surface area contributed by atoms with Gasteiger partial charge >= 0.3 is 0 Å². The molecule has 0 spiro atoms. The van der Waals surface area contributed by atoms with Crippen LogP contribution in [-0.2, 0) is 22.3 Å². The maximum absolute atomic E-state index is 5.85. The highest BCUT2D eigenvalue weighted by atomic mass is 16.5. The van der Waals surface area contributed by atoms with Crippen molar-refractivity contribution < 1.29 is 9.47 Å². The molecule has 0 saturated carbocycles. The van der Waals surface area contributed by atoms with Gasteiger partial charge in [-0.25, -0.2) is 9.97 Å². The van der Waals surface area contributed by atoms with Gasteiger partial charge in [-0.2, -0.15) is 0 Å². The average molecular weight is 291 g/mol. The van der Waals surface area contributed by atoms with Crippen molar-refractivity contribution in [1.82, 2.24) is 9.97 Å². The van der Waals surface area contributed by atoms with Crippen LogP contribution in [-0.4, -0.2) is 49.0 Å². The van der Waals surface area contributed by atoms with E-state index < -0.39 is 0 Å². The van der Waals surface area contributed by atoms with E-state index in [1.165, 1.54) is 12.8 Å². The van der Waals surface area contributed by atoms with Crippen molar-refractivity contribution in [1.29, 1.82) is 0 Å². The van der Waals surface area contributed by atoms with Crippen LogP contribution in [0.1, 0.15) is 37.6 Å². The monoisotopic (exact) mass is 291 g/mol. The summed E-state index contributed by atoms with van der Waals surface area (Å²) in [5.74, 6) is 0.864. The number of aryl methyl sites for hydroxylation is 1. The minimum absolute atomic E-state index is 0.330. The van der Waals surface area contributed by atoms with Gasteiger partial charge in [0.05, 0.1) is 19.3 Å². The number of hydrogen-bond acceptors (Lipinski definition) is 5. The van der Waals surface area contributed by atoms with E-state index in [1.807, 2.05) is 0 Å². The number of anilines is 1. The molecule has 0 radical (unpaired) electrons. The van der Waals surface area contributed by atoms with Crippen molar-refractivity contribution in [3.63, 3.8) is 0 Å². The molecule has 0 amide bonds. The van der Waals surface area contributed by atoms with Gasteiger partial charge < -0.3 is 14.4 Å². The molecule has 3 heterocycles. The van der Waals surface area contributed by atoms with E-state index in [4.69, 9.17) is 14.5 Å². The quantitative estimate of drug-likeness (QED) is 0.849. The molecule has 0 N–H and O–H groups in total. The smallest absolute Gasteiger partial charge is 0.225 e. The van der Waals surface area contributed by atoms with Crippen LogP contribution in [0.3, 0.4) is 0 Å². The van der Waals surface area contributed by atoms with Crippen LogP contribution in [0.4, 0.5) is 5.95 Å². The summed E-state index contributed by atoms with van der Waals surface area (Å²) < 4.78 is 11.3. The van der Waals surface area contributed by atoms with Gasteiger partial charge in [-0.1, -0.05) is 6.92 Å². The van der Waals surface area contributed by atoms with Gasteiger partial charge in [0.15, 0.2) is 0 Å². The summed E-state index contributed by atoms with van der Waals surface area (Å²) in [5, 5.41) is 0.